The summed E-state index contributed by atoms with van der Waals surface area (Å²) >= 11 is 0. The largest absolute Gasteiger partial charge is 0.355 e. The Balaban J connectivity index is 2.10. The molecule has 20 heavy (non-hydrogen) atoms. The fourth-order valence-electron chi connectivity index (χ4n) is 2.19. The lowest BCUT2D eigenvalue weighted by Gasteiger charge is -2.22. The molecule has 0 radical (unpaired) electrons. The molecule has 1 fully saturated rings. The van der Waals surface area contributed by atoms with Gasteiger partial charge in [-0.3, -0.25) is 14.9 Å². The normalized spacial score (nSPS) is 16.6. The van der Waals surface area contributed by atoms with E-state index in [0.717, 1.165) is 18.4 Å². The van der Waals surface area contributed by atoms with E-state index in [0.29, 0.717) is 6.54 Å². The molecule has 1 N–H and O–H groups in total. The van der Waals surface area contributed by atoms with Crippen LogP contribution in [0.25, 0.3) is 0 Å². The van der Waals surface area contributed by atoms with E-state index in [9.17, 15) is 14.9 Å². The van der Waals surface area contributed by atoms with Crippen molar-refractivity contribution in [3.63, 3.8) is 0 Å². The maximum atomic E-state index is 12.3. The molecule has 5 heteroatoms. The first-order valence-electron chi connectivity index (χ1n) is 6.78. The van der Waals surface area contributed by atoms with Gasteiger partial charge in [-0.15, -0.1) is 0 Å². The molecular formula is C15H20N2O3. The zero-order valence-corrected chi connectivity index (χ0v) is 12.1. The number of nitrogens with one attached hydrogen (secondary N) is 1. The van der Waals surface area contributed by atoms with Crippen molar-refractivity contribution in [1.82, 2.24) is 5.32 Å². The Kier molecular flexibility index (Phi) is 3.54. The molecule has 0 atom stereocenters. The first-order valence-corrected chi connectivity index (χ1v) is 6.78. The van der Waals surface area contributed by atoms with Gasteiger partial charge in [0.25, 0.3) is 5.69 Å². The summed E-state index contributed by atoms with van der Waals surface area (Å²) < 4.78 is 0. The fourth-order valence-corrected chi connectivity index (χ4v) is 2.19. The topological polar surface area (TPSA) is 72.2 Å². The molecule has 0 bridgehead atoms. The van der Waals surface area contributed by atoms with Crippen molar-refractivity contribution in [3.05, 3.63) is 39.9 Å². The van der Waals surface area contributed by atoms with Gasteiger partial charge in [0.1, 0.15) is 0 Å². The first kappa shape index (κ1) is 14.5. The highest BCUT2D eigenvalue weighted by molar-refractivity contribution is 5.91. The summed E-state index contributed by atoms with van der Waals surface area (Å²) in [5, 5.41) is 13.6. The van der Waals surface area contributed by atoms with Crippen LogP contribution in [0.15, 0.2) is 24.3 Å². The molecule has 0 aliphatic heterocycles. The summed E-state index contributed by atoms with van der Waals surface area (Å²) in [6.45, 7) is 6.83. The van der Waals surface area contributed by atoms with E-state index >= 15 is 0 Å². The maximum absolute atomic E-state index is 12.3. The Morgan fingerprint density at radius 1 is 1.30 bits per heavy atom. The molecule has 0 heterocycles. The molecule has 108 valence electrons. The van der Waals surface area contributed by atoms with Gasteiger partial charge in [-0.25, -0.2) is 0 Å². The van der Waals surface area contributed by atoms with Gasteiger partial charge >= 0.3 is 0 Å². The Labute approximate surface area is 118 Å². The van der Waals surface area contributed by atoms with Gasteiger partial charge < -0.3 is 5.32 Å². The van der Waals surface area contributed by atoms with E-state index in [-0.39, 0.29) is 17.0 Å². The van der Waals surface area contributed by atoms with Crippen molar-refractivity contribution in [1.29, 1.82) is 0 Å². The van der Waals surface area contributed by atoms with Crippen molar-refractivity contribution in [2.75, 3.05) is 6.54 Å². The van der Waals surface area contributed by atoms with Crippen LogP contribution in [-0.4, -0.2) is 17.4 Å². The van der Waals surface area contributed by atoms with Gasteiger partial charge in [-0.05, 0) is 23.8 Å². The number of non-ortho nitro benzene ring substituents is 1. The van der Waals surface area contributed by atoms with Gasteiger partial charge in [-0.2, -0.15) is 0 Å². The Hall–Kier alpha value is -1.91. The number of amides is 1. The minimum atomic E-state index is -0.472. The van der Waals surface area contributed by atoms with Crippen LogP contribution >= 0.6 is 0 Å². The number of nitro groups is 1. The average molecular weight is 276 g/mol. The number of carbonyl (C=O) groups is 1. The lowest BCUT2D eigenvalue weighted by atomic mass is 9.93. The quantitative estimate of drug-likeness (QED) is 0.679. The van der Waals surface area contributed by atoms with Crippen LogP contribution < -0.4 is 5.32 Å². The summed E-state index contributed by atoms with van der Waals surface area (Å²) in [6, 6.07) is 6.32. The second kappa shape index (κ2) is 4.89. The highest BCUT2D eigenvalue weighted by atomic mass is 16.6. The Morgan fingerprint density at radius 2 is 1.85 bits per heavy atom. The van der Waals surface area contributed by atoms with Gasteiger partial charge in [0.05, 0.1) is 10.3 Å². The Bertz CT molecular complexity index is 525. The van der Waals surface area contributed by atoms with Crippen molar-refractivity contribution < 1.29 is 9.72 Å². The van der Waals surface area contributed by atoms with Gasteiger partial charge in [-0.1, -0.05) is 32.9 Å². The smallest absolute Gasteiger partial charge is 0.269 e. The zero-order chi connectivity index (χ0) is 15.0. The predicted molar refractivity (Wildman–Crippen MR) is 76.5 cm³/mol. The van der Waals surface area contributed by atoms with Crippen molar-refractivity contribution in [3.8, 4) is 0 Å². The molecule has 2 rings (SSSR count). The highest BCUT2D eigenvalue weighted by Gasteiger charge is 2.51. The molecule has 5 nitrogen and oxygen atoms in total. The van der Waals surface area contributed by atoms with Gasteiger partial charge in [0, 0.05) is 18.7 Å². The molecule has 1 aromatic carbocycles. The molecular weight excluding hydrogens is 256 g/mol. The van der Waals surface area contributed by atoms with Crippen molar-refractivity contribution in [2.45, 2.75) is 39.0 Å². The molecule has 0 unspecified atom stereocenters. The minimum absolute atomic E-state index is 0.0290. The average Bonchev–Trinajstić information content (AvgIpc) is 3.16. The van der Waals surface area contributed by atoms with Crippen molar-refractivity contribution in [2.24, 2.45) is 5.41 Å². The standard InChI is InChI=1S/C15H20N2O3/c1-14(2,3)10-16-13(18)15(8-9-15)11-4-6-12(7-5-11)17(19)20/h4-7H,8-10H2,1-3H3,(H,16,18). The van der Waals surface area contributed by atoms with E-state index in [1.165, 1.54) is 12.1 Å². The monoisotopic (exact) mass is 276 g/mol. The molecule has 1 aliphatic rings. The molecule has 1 amide bonds. The summed E-state index contributed by atoms with van der Waals surface area (Å²) in [5.74, 6) is 0.0290. The van der Waals surface area contributed by atoms with Crippen LogP contribution in [0, 0.1) is 15.5 Å². The lowest BCUT2D eigenvalue weighted by Crippen LogP contribution is -2.39. The predicted octanol–water partition coefficient (Wildman–Crippen LogP) is 2.79. The molecule has 0 saturated heterocycles. The number of hydrogen-bond acceptors (Lipinski definition) is 3. The summed E-state index contributed by atoms with van der Waals surface area (Å²) in [6.07, 6.45) is 1.61. The van der Waals surface area contributed by atoms with Gasteiger partial charge in [0.15, 0.2) is 0 Å². The van der Waals surface area contributed by atoms with Crippen molar-refractivity contribution >= 4 is 11.6 Å². The van der Waals surface area contributed by atoms with E-state index in [1.807, 2.05) is 0 Å². The van der Waals surface area contributed by atoms with Crippen LogP contribution in [0.1, 0.15) is 39.2 Å². The number of carbonyl (C=O) groups excluding carboxylic acids is 1. The van der Waals surface area contributed by atoms with E-state index < -0.39 is 10.3 Å². The molecule has 1 saturated carbocycles. The third-order valence-electron chi connectivity index (χ3n) is 3.59. The van der Waals surface area contributed by atoms with E-state index in [4.69, 9.17) is 0 Å². The Morgan fingerprint density at radius 3 is 2.25 bits per heavy atom. The zero-order valence-electron chi connectivity index (χ0n) is 12.1. The third-order valence-corrected chi connectivity index (χ3v) is 3.59. The number of nitro benzene ring substituents is 1. The lowest BCUT2D eigenvalue weighted by molar-refractivity contribution is -0.384. The third kappa shape index (κ3) is 2.98. The number of nitrogens with zero attached hydrogens (tertiary/aromatic N) is 1. The second-order valence-corrected chi connectivity index (χ2v) is 6.63. The van der Waals surface area contributed by atoms with E-state index in [2.05, 4.69) is 26.1 Å². The van der Waals surface area contributed by atoms with E-state index in [1.54, 1.807) is 12.1 Å². The number of hydrogen-bond donors (Lipinski definition) is 1. The summed E-state index contributed by atoms with van der Waals surface area (Å²) in [7, 11) is 0. The first-order chi connectivity index (χ1) is 9.24. The second-order valence-electron chi connectivity index (χ2n) is 6.63. The SMILES string of the molecule is CC(C)(C)CNC(=O)C1(c2ccc([N+](=O)[O-])cc2)CC1. The van der Waals surface area contributed by atoms with Crippen LogP contribution in [0.3, 0.4) is 0 Å². The van der Waals surface area contributed by atoms with Crippen LogP contribution in [0.5, 0.6) is 0 Å². The molecule has 1 aliphatic carbocycles. The minimum Gasteiger partial charge on any atom is -0.355 e. The molecule has 1 aromatic rings. The number of benzene rings is 1. The fraction of sp³-hybridized carbons (Fsp3) is 0.533. The number of rotatable bonds is 4. The summed E-state index contributed by atoms with van der Waals surface area (Å²) in [4.78, 5) is 22.6. The highest BCUT2D eigenvalue weighted by Crippen LogP contribution is 2.48. The molecule has 0 spiro atoms. The van der Waals surface area contributed by atoms with Crippen LogP contribution in [-0.2, 0) is 10.2 Å². The maximum Gasteiger partial charge on any atom is 0.269 e. The summed E-state index contributed by atoms with van der Waals surface area (Å²) in [5.41, 5.74) is 0.496. The van der Waals surface area contributed by atoms with Crippen LogP contribution in [0.2, 0.25) is 0 Å². The van der Waals surface area contributed by atoms with Gasteiger partial charge in [0.2, 0.25) is 5.91 Å². The van der Waals surface area contributed by atoms with Crippen LogP contribution in [0.4, 0.5) is 5.69 Å². The molecule has 0 aromatic heterocycles.